The number of rotatable bonds is 8. The van der Waals surface area contributed by atoms with Crippen LogP contribution in [0.5, 0.6) is 5.75 Å². The molecule has 2 N–H and O–H groups in total. The van der Waals surface area contributed by atoms with E-state index in [1.807, 2.05) is 48.7 Å². The third kappa shape index (κ3) is 6.44. The van der Waals surface area contributed by atoms with Gasteiger partial charge in [0.2, 0.25) is 5.96 Å². The molecule has 0 spiro atoms. The summed E-state index contributed by atoms with van der Waals surface area (Å²) < 4.78 is 5.37. The Bertz CT molecular complexity index is 1230. The smallest absolute Gasteiger partial charge is 0.255 e. The van der Waals surface area contributed by atoms with E-state index in [0.717, 1.165) is 24.8 Å². The van der Waals surface area contributed by atoms with Gasteiger partial charge in [0.15, 0.2) is 6.19 Å². The summed E-state index contributed by atoms with van der Waals surface area (Å²) in [5.41, 5.74) is 2.64. The minimum atomic E-state index is -0.232. The second kappa shape index (κ2) is 12.5. The van der Waals surface area contributed by atoms with Gasteiger partial charge in [-0.15, -0.1) is 0 Å². The zero-order valence-corrected chi connectivity index (χ0v) is 21.1. The number of nitrogens with zero attached hydrogens (tertiary/aromatic N) is 4. The first-order valence-corrected chi connectivity index (χ1v) is 12.5. The number of nitrogens with one attached hydrogen (secondary N) is 2. The molecule has 2 aromatic carbocycles. The molecule has 2 heterocycles. The van der Waals surface area contributed by atoms with Crippen LogP contribution >= 0.6 is 0 Å². The van der Waals surface area contributed by atoms with Crippen LogP contribution in [0.25, 0.3) is 0 Å². The Morgan fingerprint density at radius 3 is 2.49 bits per heavy atom. The largest absolute Gasteiger partial charge is 0.496 e. The number of aliphatic imine (C=N–C) groups is 1. The Balaban J connectivity index is 1.46. The Hall–Kier alpha value is -4.38. The molecule has 1 aromatic heterocycles. The van der Waals surface area contributed by atoms with Crippen LogP contribution in [0.3, 0.4) is 0 Å². The lowest BCUT2D eigenvalue weighted by molar-refractivity contribution is 0.0929. The highest BCUT2D eigenvalue weighted by Crippen LogP contribution is 2.35. The molecule has 0 aliphatic carbocycles. The number of hydrogen-bond donors (Lipinski definition) is 2. The number of hydrogen-bond acceptors (Lipinski definition) is 5. The Labute approximate surface area is 218 Å². The van der Waals surface area contributed by atoms with Gasteiger partial charge in [-0.1, -0.05) is 42.5 Å². The molecular weight excluding hydrogens is 464 g/mol. The van der Waals surface area contributed by atoms with Gasteiger partial charge in [0.25, 0.3) is 5.91 Å². The average molecular weight is 497 g/mol. The minimum absolute atomic E-state index is 0.153. The number of carbonyl (C=O) groups is 1. The maximum atomic E-state index is 13.1. The fourth-order valence-corrected chi connectivity index (χ4v) is 4.79. The zero-order valence-electron chi connectivity index (χ0n) is 21.1. The van der Waals surface area contributed by atoms with Crippen LogP contribution in [0, 0.1) is 11.5 Å². The fourth-order valence-electron chi connectivity index (χ4n) is 4.79. The topological polar surface area (TPSA) is 103 Å². The van der Waals surface area contributed by atoms with Crippen LogP contribution in [0.15, 0.2) is 84.1 Å². The molecule has 8 nitrogen and oxygen atoms in total. The summed E-state index contributed by atoms with van der Waals surface area (Å²) in [6, 6.07) is 21.5. The molecule has 1 aliphatic rings. The molecule has 190 valence electrons. The van der Waals surface area contributed by atoms with Crippen molar-refractivity contribution in [2.45, 2.75) is 24.7 Å². The molecule has 0 bridgehead atoms. The van der Waals surface area contributed by atoms with Gasteiger partial charge in [0.1, 0.15) is 5.75 Å². The van der Waals surface area contributed by atoms with Gasteiger partial charge in [-0.2, -0.15) is 5.26 Å². The third-order valence-corrected chi connectivity index (χ3v) is 6.92. The Morgan fingerprint density at radius 2 is 1.78 bits per heavy atom. The quantitative estimate of drug-likeness (QED) is 0.214. The molecule has 1 amide bonds. The van der Waals surface area contributed by atoms with E-state index in [1.165, 1.54) is 5.56 Å². The van der Waals surface area contributed by atoms with Crippen LogP contribution in [-0.4, -0.2) is 55.0 Å². The maximum Gasteiger partial charge on any atom is 0.255 e. The molecule has 4 rings (SSSR count). The molecule has 1 fully saturated rings. The van der Waals surface area contributed by atoms with Crippen molar-refractivity contribution in [3.8, 4) is 11.9 Å². The van der Waals surface area contributed by atoms with Crippen molar-refractivity contribution in [1.82, 2.24) is 20.5 Å². The van der Waals surface area contributed by atoms with Crippen LogP contribution in [-0.2, 0) is 11.8 Å². The van der Waals surface area contributed by atoms with Crippen molar-refractivity contribution in [3.63, 3.8) is 0 Å². The summed E-state index contributed by atoms with van der Waals surface area (Å²) in [5.74, 6) is 0.995. The zero-order chi connectivity index (χ0) is 25.9. The van der Waals surface area contributed by atoms with Crippen molar-refractivity contribution in [1.29, 1.82) is 5.26 Å². The van der Waals surface area contributed by atoms with Gasteiger partial charge in [0.05, 0.1) is 12.7 Å². The number of likely N-dealkylation sites (tertiary alicyclic amines) is 1. The number of amides is 1. The van der Waals surface area contributed by atoms with E-state index >= 15 is 0 Å². The molecule has 1 aliphatic heterocycles. The molecule has 1 saturated heterocycles. The SMILES string of the molecule is COc1ccccc1C(=O)NCC1(c2ccccc2)CCN(C(=NCCc2ccncc2)NC#N)CC1. The molecule has 8 heteroatoms. The summed E-state index contributed by atoms with van der Waals surface area (Å²) in [6.45, 7) is 2.50. The van der Waals surface area contributed by atoms with Gasteiger partial charge in [-0.05, 0) is 54.7 Å². The summed E-state index contributed by atoms with van der Waals surface area (Å²) in [6.07, 6.45) is 7.96. The van der Waals surface area contributed by atoms with Gasteiger partial charge < -0.3 is 15.0 Å². The first-order valence-electron chi connectivity index (χ1n) is 12.5. The summed E-state index contributed by atoms with van der Waals surface area (Å²) >= 11 is 0. The Morgan fingerprint density at radius 1 is 1.08 bits per heavy atom. The number of methoxy groups -OCH3 is 1. The van der Waals surface area contributed by atoms with Crippen molar-refractivity contribution in [3.05, 3.63) is 95.8 Å². The Kier molecular flexibility index (Phi) is 8.71. The highest BCUT2D eigenvalue weighted by atomic mass is 16.5. The minimum Gasteiger partial charge on any atom is -0.496 e. The van der Waals surface area contributed by atoms with E-state index in [1.54, 1.807) is 31.6 Å². The number of guanidine groups is 1. The van der Waals surface area contributed by atoms with Gasteiger partial charge in [-0.25, -0.2) is 0 Å². The lowest BCUT2D eigenvalue weighted by Crippen LogP contribution is -2.52. The van der Waals surface area contributed by atoms with Crippen LogP contribution in [0.1, 0.15) is 34.3 Å². The number of nitriles is 1. The van der Waals surface area contributed by atoms with Crippen molar-refractivity contribution in [2.75, 3.05) is 33.3 Å². The van der Waals surface area contributed by atoms with E-state index in [2.05, 4.69) is 32.7 Å². The second-order valence-electron chi connectivity index (χ2n) is 9.06. The van der Waals surface area contributed by atoms with E-state index in [-0.39, 0.29) is 11.3 Å². The summed E-state index contributed by atoms with van der Waals surface area (Å²) in [4.78, 5) is 23.9. The average Bonchev–Trinajstić information content (AvgIpc) is 2.97. The highest BCUT2D eigenvalue weighted by Gasteiger charge is 2.37. The predicted octanol–water partition coefficient (Wildman–Crippen LogP) is 3.52. The van der Waals surface area contributed by atoms with Crippen LogP contribution < -0.4 is 15.4 Å². The number of carbonyl (C=O) groups excluding carboxylic acids is 1. The first-order chi connectivity index (χ1) is 18.1. The lowest BCUT2D eigenvalue weighted by atomic mass is 9.72. The number of benzene rings is 2. The maximum absolute atomic E-state index is 13.1. The number of piperidine rings is 1. The molecule has 0 atom stereocenters. The number of para-hydroxylation sites is 1. The van der Waals surface area contributed by atoms with E-state index in [9.17, 15) is 10.1 Å². The molecule has 0 radical (unpaired) electrons. The normalized spacial score (nSPS) is 14.9. The van der Waals surface area contributed by atoms with Gasteiger partial charge >= 0.3 is 0 Å². The van der Waals surface area contributed by atoms with Gasteiger partial charge in [0, 0.05) is 44.0 Å². The predicted molar refractivity (Wildman–Crippen MR) is 143 cm³/mol. The first kappa shape index (κ1) is 25.7. The lowest BCUT2D eigenvalue weighted by Gasteiger charge is -2.43. The molecule has 0 saturated carbocycles. The van der Waals surface area contributed by atoms with E-state index < -0.39 is 0 Å². The van der Waals surface area contributed by atoms with Crippen molar-refractivity contribution < 1.29 is 9.53 Å². The summed E-state index contributed by atoms with van der Waals surface area (Å²) in [7, 11) is 1.57. The van der Waals surface area contributed by atoms with Crippen LogP contribution in [0.4, 0.5) is 0 Å². The molecule has 3 aromatic rings. The molecular formula is C29H32N6O2. The number of pyridine rings is 1. The molecule has 37 heavy (non-hydrogen) atoms. The monoisotopic (exact) mass is 496 g/mol. The van der Waals surface area contributed by atoms with Crippen molar-refractivity contribution >= 4 is 11.9 Å². The molecule has 0 unspecified atom stereocenters. The van der Waals surface area contributed by atoms with Gasteiger partial charge in [-0.3, -0.25) is 20.1 Å². The summed E-state index contributed by atoms with van der Waals surface area (Å²) in [5, 5.41) is 15.3. The second-order valence-corrected chi connectivity index (χ2v) is 9.06. The highest BCUT2D eigenvalue weighted by molar-refractivity contribution is 5.97. The standard InChI is InChI=1S/C29H32N6O2/c1-37-26-10-6-5-9-25(26)27(36)33-21-29(24-7-3-2-4-8-24)14-19-35(20-15-29)28(34-22-30)32-18-13-23-11-16-31-17-12-23/h2-12,16-17H,13-15,18-21H2,1H3,(H,32,34)(H,33,36). The number of aromatic nitrogens is 1. The fraction of sp³-hybridized carbons (Fsp3) is 0.310. The number of ether oxygens (including phenoxy) is 1. The van der Waals surface area contributed by atoms with Crippen molar-refractivity contribution in [2.24, 2.45) is 4.99 Å². The van der Waals surface area contributed by atoms with Crippen LogP contribution in [0.2, 0.25) is 0 Å². The van der Waals surface area contributed by atoms with E-state index in [0.29, 0.717) is 43.5 Å². The van der Waals surface area contributed by atoms with E-state index in [4.69, 9.17) is 9.73 Å². The third-order valence-electron chi connectivity index (χ3n) is 6.92.